The molecule has 0 aromatic carbocycles. The van der Waals surface area contributed by atoms with Crippen molar-refractivity contribution in [2.24, 2.45) is 0 Å². The standard InChI is InChI=1S/C16H31N5/c1-5-10-17-15-14(6-2)16(20-13-19-15)18-11-9-12-21(7-3)8-4/h13H,5-12H2,1-4H3,(H2,17,18,19,20). The van der Waals surface area contributed by atoms with E-state index in [9.17, 15) is 0 Å². The Bertz CT molecular complexity index is 390. The SMILES string of the molecule is CCCNc1ncnc(NCCCN(CC)CC)c1CC. The van der Waals surface area contributed by atoms with Crippen molar-refractivity contribution >= 4 is 11.6 Å². The number of aromatic nitrogens is 2. The maximum absolute atomic E-state index is 4.40. The molecule has 0 aliphatic rings. The second-order valence-electron chi connectivity index (χ2n) is 5.14. The Morgan fingerprint density at radius 2 is 1.57 bits per heavy atom. The Morgan fingerprint density at radius 1 is 0.952 bits per heavy atom. The van der Waals surface area contributed by atoms with E-state index >= 15 is 0 Å². The third-order valence-electron chi connectivity index (χ3n) is 3.68. The monoisotopic (exact) mass is 293 g/mol. The van der Waals surface area contributed by atoms with Gasteiger partial charge < -0.3 is 15.5 Å². The summed E-state index contributed by atoms with van der Waals surface area (Å²) < 4.78 is 0. The molecule has 0 bridgehead atoms. The van der Waals surface area contributed by atoms with Gasteiger partial charge in [0.15, 0.2) is 0 Å². The van der Waals surface area contributed by atoms with Crippen molar-refractivity contribution in [3.8, 4) is 0 Å². The Hall–Kier alpha value is -1.36. The van der Waals surface area contributed by atoms with Gasteiger partial charge in [-0.15, -0.1) is 0 Å². The van der Waals surface area contributed by atoms with Gasteiger partial charge >= 0.3 is 0 Å². The summed E-state index contributed by atoms with van der Waals surface area (Å²) in [6.07, 6.45) is 4.81. The molecule has 2 N–H and O–H groups in total. The summed E-state index contributed by atoms with van der Waals surface area (Å²) in [4.78, 5) is 11.2. The van der Waals surface area contributed by atoms with Crippen LogP contribution in [-0.2, 0) is 6.42 Å². The molecular formula is C16H31N5. The average Bonchev–Trinajstić information content (AvgIpc) is 2.53. The quantitative estimate of drug-likeness (QED) is 0.614. The number of rotatable bonds is 11. The molecule has 0 spiro atoms. The van der Waals surface area contributed by atoms with E-state index in [1.54, 1.807) is 6.33 Å². The Labute approximate surface area is 129 Å². The van der Waals surface area contributed by atoms with Crippen LogP contribution in [0.2, 0.25) is 0 Å². The number of anilines is 2. The van der Waals surface area contributed by atoms with Crippen LogP contribution in [0.4, 0.5) is 11.6 Å². The zero-order valence-corrected chi connectivity index (χ0v) is 14.1. The van der Waals surface area contributed by atoms with E-state index in [1.165, 1.54) is 5.56 Å². The van der Waals surface area contributed by atoms with Crippen LogP contribution in [0.25, 0.3) is 0 Å². The summed E-state index contributed by atoms with van der Waals surface area (Å²) in [6, 6.07) is 0. The summed E-state index contributed by atoms with van der Waals surface area (Å²) in [6.45, 7) is 14.0. The van der Waals surface area contributed by atoms with Gasteiger partial charge in [0, 0.05) is 18.7 Å². The summed E-state index contributed by atoms with van der Waals surface area (Å²) in [5, 5.41) is 6.85. The topological polar surface area (TPSA) is 53.1 Å². The molecule has 1 aromatic heterocycles. The van der Waals surface area contributed by atoms with Gasteiger partial charge in [0.25, 0.3) is 0 Å². The molecule has 0 radical (unpaired) electrons. The first-order valence-electron chi connectivity index (χ1n) is 8.30. The minimum absolute atomic E-state index is 0.936. The zero-order chi connectivity index (χ0) is 15.5. The van der Waals surface area contributed by atoms with Crippen molar-refractivity contribution in [1.29, 1.82) is 0 Å². The minimum atomic E-state index is 0.936. The van der Waals surface area contributed by atoms with E-state index in [0.29, 0.717) is 0 Å². The Morgan fingerprint density at radius 3 is 2.10 bits per heavy atom. The number of hydrogen-bond acceptors (Lipinski definition) is 5. The molecule has 0 saturated carbocycles. The predicted molar refractivity (Wildman–Crippen MR) is 91.1 cm³/mol. The van der Waals surface area contributed by atoms with E-state index < -0.39 is 0 Å². The first kappa shape index (κ1) is 17.7. The Balaban J connectivity index is 2.54. The second-order valence-corrected chi connectivity index (χ2v) is 5.14. The first-order chi connectivity index (χ1) is 10.3. The molecule has 1 rings (SSSR count). The predicted octanol–water partition coefficient (Wildman–Crippen LogP) is 3.00. The first-order valence-corrected chi connectivity index (χ1v) is 8.30. The third-order valence-corrected chi connectivity index (χ3v) is 3.68. The highest BCUT2D eigenvalue weighted by Gasteiger charge is 2.09. The van der Waals surface area contributed by atoms with Gasteiger partial charge in [0.05, 0.1) is 0 Å². The lowest BCUT2D eigenvalue weighted by molar-refractivity contribution is 0.303. The van der Waals surface area contributed by atoms with Crippen LogP contribution in [-0.4, -0.2) is 47.6 Å². The smallest absolute Gasteiger partial charge is 0.134 e. The molecule has 1 heterocycles. The van der Waals surface area contributed by atoms with Crippen LogP contribution in [0, 0.1) is 0 Å². The van der Waals surface area contributed by atoms with Crippen LogP contribution in [0.3, 0.4) is 0 Å². The molecular weight excluding hydrogens is 262 g/mol. The van der Waals surface area contributed by atoms with E-state index in [1.807, 2.05) is 0 Å². The fourth-order valence-corrected chi connectivity index (χ4v) is 2.34. The van der Waals surface area contributed by atoms with Gasteiger partial charge in [0.1, 0.15) is 18.0 Å². The highest BCUT2D eigenvalue weighted by Crippen LogP contribution is 2.20. The normalized spacial score (nSPS) is 10.9. The van der Waals surface area contributed by atoms with Crippen molar-refractivity contribution in [1.82, 2.24) is 14.9 Å². The molecule has 0 amide bonds. The van der Waals surface area contributed by atoms with Crippen LogP contribution < -0.4 is 10.6 Å². The van der Waals surface area contributed by atoms with Crippen molar-refractivity contribution in [2.45, 2.75) is 47.0 Å². The van der Waals surface area contributed by atoms with Crippen molar-refractivity contribution < 1.29 is 0 Å². The largest absolute Gasteiger partial charge is 0.370 e. The van der Waals surface area contributed by atoms with Gasteiger partial charge in [-0.3, -0.25) is 0 Å². The van der Waals surface area contributed by atoms with Crippen LogP contribution >= 0.6 is 0 Å². The Kier molecular flexibility index (Phi) is 8.74. The van der Waals surface area contributed by atoms with Crippen LogP contribution in [0.5, 0.6) is 0 Å². The molecule has 0 unspecified atom stereocenters. The van der Waals surface area contributed by atoms with Crippen LogP contribution in [0.1, 0.15) is 46.1 Å². The van der Waals surface area contributed by atoms with E-state index in [0.717, 1.165) is 63.6 Å². The molecule has 21 heavy (non-hydrogen) atoms. The molecule has 5 nitrogen and oxygen atoms in total. The average molecular weight is 293 g/mol. The summed E-state index contributed by atoms with van der Waals surface area (Å²) in [5.74, 6) is 1.95. The molecule has 5 heteroatoms. The lowest BCUT2D eigenvalue weighted by Crippen LogP contribution is -2.25. The molecule has 1 aromatic rings. The summed E-state index contributed by atoms with van der Waals surface area (Å²) in [7, 11) is 0. The van der Waals surface area contributed by atoms with Gasteiger partial charge in [-0.25, -0.2) is 9.97 Å². The van der Waals surface area contributed by atoms with Crippen molar-refractivity contribution in [2.75, 3.05) is 43.4 Å². The van der Waals surface area contributed by atoms with Gasteiger partial charge in [0.2, 0.25) is 0 Å². The maximum atomic E-state index is 4.40. The minimum Gasteiger partial charge on any atom is -0.370 e. The fraction of sp³-hybridized carbons (Fsp3) is 0.750. The fourth-order valence-electron chi connectivity index (χ4n) is 2.34. The van der Waals surface area contributed by atoms with Crippen molar-refractivity contribution in [3.63, 3.8) is 0 Å². The zero-order valence-electron chi connectivity index (χ0n) is 14.1. The lowest BCUT2D eigenvalue weighted by Gasteiger charge is -2.18. The molecule has 0 saturated heterocycles. The summed E-state index contributed by atoms with van der Waals surface area (Å²) in [5.41, 5.74) is 1.19. The van der Waals surface area contributed by atoms with Gasteiger partial charge in [-0.05, 0) is 38.9 Å². The number of nitrogens with zero attached hydrogens (tertiary/aromatic N) is 3. The van der Waals surface area contributed by atoms with E-state index in [2.05, 4.69) is 53.2 Å². The van der Waals surface area contributed by atoms with Gasteiger partial charge in [-0.2, -0.15) is 0 Å². The van der Waals surface area contributed by atoms with Crippen molar-refractivity contribution in [3.05, 3.63) is 11.9 Å². The number of hydrogen-bond donors (Lipinski definition) is 2. The molecule has 0 aliphatic heterocycles. The van der Waals surface area contributed by atoms with Gasteiger partial charge in [-0.1, -0.05) is 27.7 Å². The molecule has 0 fully saturated rings. The lowest BCUT2D eigenvalue weighted by atomic mass is 10.2. The second kappa shape index (κ2) is 10.4. The molecule has 0 atom stereocenters. The molecule has 120 valence electrons. The number of nitrogens with one attached hydrogen (secondary N) is 2. The van der Waals surface area contributed by atoms with E-state index in [-0.39, 0.29) is 0 Å². The molecule has 0 aliphatic carbocycles. The maximum Gasteiger partial charge on any atom is 0.134 e. The summed E-state index contributed by atoms with van der Waals surface area (Å²) >= 11 is 0. The van der Waals surface area contributed by atoms with E-state index in [4.69, 9.17) is 0 Å². The van der Waals surface area contributed by atoms with Crippen LogP contribution in [0.15, 0.2) is 6.33 Å². The third kappa shape index (κ3) is 5.87. The highest BCUT2D eigenvalue weighted by molar-refractivity contribution is 5.57. The highest BCUT2D eigenvalue weighted by atomic mass is 15.1.